The van der Waals surface area contributed by atoms with Gasteiger partial charge in [-0.25, -0.2) is 8.78 Å². The molecular weight excluding hydrogens is 338 g/mol. The summed E-state index contributed by atoms with van der Waals surface area (Å²) in [5.74, 6) is -1.35. The molecule has 0 heterocycles. The van der Waals surface area contributed by atoms with Gasteiger partial charge in [0.1, 0.15) is 17.4 Å². The van der Waals surface area contributed by atoms with Crippen LogP contribution in [0, 0.1) is 11.6 Å². The Hall–Kier alpha value is -3.34. The van der Waals surface area contributed by atoms with Gasteiger partial charge >= 0.3 is 5.97 Å². The normalized spacial score (nSPS) is 10.4. The predicted octanol–water partition coefficient (Wildman–Crippen LogP) is 4.34. The smallest absolute Gasteiger partial charge is 0.315 e. The molecule has 0 radical (unpaired) electrons. The molecule has 26 heavy (non-hydrogen) atoms. The van der Waals surface area contributed by atoms with E-state index in [1.165, 1.54) is 66.7 Å². The number of carbonyl (C=O) groups is 2. The summed E-state index contributed by atoms with van der Waals surface area (Å²) in [4.78, 5) is 24.2. The predicted molar refractivity (Wildman–Crippen MR) is 92.0 cm³/mol. The van der Waals surface area contributed by atoms with Crippen LogP contribution in [0.2, 0.25) is 0 Å². The van der Waals surface area contributed by atoms with Crippen molar-refractivity contribution in [2.75, 3.05) is 0 Å². The van der Waals surface area contributed by atoms with Crippen LogP contribution in [0.3, 0.4) is 0 Å². The van der Waals surface area contributed by atoms with E-state index < -0.39 is 17.6 Å². The van der Waals surface area contributed by atoms with E-state index in [4.69, 9.17) is 4.74 Å². The molecule has 3 aromatic rings. The Morgan fingerprint density at radius 1 is 0.769 bits per heavy atom. The molecule has 0 saturated heterocycles. The van der Waals surface area contributed by atoms with Crippen molar-refractivity contribution in [3.05, 3.63) is 101 Å². The zero-order valence-electron chi connectivity index (χ0n) is 13.6. The molecule has 0 amide bonds. The van der Waals surface area contributed by atoms with Crippen molar-refractivity contribution in [2.24, 2.45) is 0 Å². The summed E-state index contributed by atoms with van der Waals surface area (Å²) < 4.78 is 31.2. The van der Waals surface area contributed by atoms with E-state index in [0.717, 1.165) is 0 Å². The van der Waals surface area contributed by atoms with Crippen molar-refractivity contribution in [1.82, 2.24) is 0 Å². The number of carbonyl (C=O) groups excluding carboxylic acids is 2. The van der Waals surface area contributed by atoms with Gasteiger partial charge in [0.25, 0.3) is 0 Å². The highest BCUT2D eigenvalue weighted by atomic mass is 19.1. The number of ketones is 1. The van der Waals surface area contributed by atoms with E-state index in [1.54, 1.807) is 6.07 Å². The zero-order valence-corrected chi connectivity index (χ0v) is 13.6. The van der Waals surface area contributed by atoms with Crippen LogP contribution < -0.4 is 4.74 Å². The van der Waals surface area contributed by atoms with E-state index >= 15 is 0 Å². The number of benzene rings is 3. The van der Waals surface area contributed by atoms with E-state index in [2.05, 4.69) is 0 Å². The summed E-state index contributed by atoms with van der Waals surface area (Å²) in [5, 5.41) is 0. The summed E-state index contributed by atoms with van der Waals surface area (Å²) in [6.07, 6.45) is -0.0615. The first-order valence-electron chi connectivity index (χ1n) is 7.87. The molecule has 0 spiro atoms. The maximum atomic E-state index is 13.1. The van der Waals surface area contributed by atoms with E-state index in [1.807, 2.05) is 0 Å². The minimum absolute atomic E-state index is 0.0615. The molecule has 0 aliphatic carbocycles. The molecule has 0 aliphatic rings. The van der Waals surface area contributed by atoms with E-state index in [9.17, 15) is 18.4 Å². The zero-order chi connectivity index (χ0) is 18.5. The van der Waals surface area contributed by atoms with Gasteiger partial charge < -0.3 is 4.74 Å². The Morgan fingerprint density at radius 3 is 2.00 bits per heavy atom. The molecule has 3 nitrogen and oxygen atoms in total. The van der Waals surface area contributed by atoms with Gasteiger partial charge in [-0.1, -0.05) is 12.1 Å². The number of rotatable bonds is 5. The fourth-order valence-electron chi connectivity index (χ4n) is 2.42. The van der Waals surface area contributed by atoms with E-state index in [0.29, 0.717) is 16.7 Å². The number of halogens is 2. The fourth-order valence-corrected chi connectivity index (χ4v) is 2.42. The van der Waals surface area contributed by atoms with E-state index in [-0.39, 0.29) is 18.0 Å². The Bertz CT molecular complexity index is 932. The molecule has 3 rings (SSSR count). The van der Waals surface area contributed by atoms with Crippen molar-refractivity contribution in [2.45, 2.75) is 6.42 Å². The Morgan fingerprint density at radius 2 is 1.38 bits per heavy atom. The minimum Gasteiger partial charge on any atom is -0.426 e. The molecule has 5 heteroatoms. The molecule has 0 aromatic heterocycles. The second-order valence-corrected chi connectivity index (χ2v) is 5.64. The van der Waals surface area contributed by atoms with Crippen LogP contribution in [-0.4, -0.2) is 11.8 Å². The van der Waals surface area contributed by atoms with Crippen LogP contribution in [0.15, 0.2) is 72.8 Å². The third-order valence-corrected chi connectivity index (χ3v) is 3.69. The largest absolute Gasteiger partial charge is 0.426 e. The molecule has 0 saturated carbocycles. The second kappa shape index (κ2) is 7.70. The lowest BCUT2D eigenvalue weighted by atomic mass is 10.0. The number of hydrogen-bond acceptors (Lipinski definition) is 3. The van der Waals surface area contributed by atoms with Gasteiger partial charge in [-0.15, -0.1) is 0 Å². The van der Waals surface area contributed by atoms with Crippen molar-refractivity contribution in [1.29, 1.82) is 0 Å². The van der Waals surface area contributed by atoms with Crippen LogP contribution in [0.4, 0.5) is 8.78 Å². The maximum absolute atomic E-state index is 13.1. The van der Waals surface area contributed by atoms with Crippen molar-refractivity contribution in [3.8, 4) is 5.75 Å². The van der Waals surface area contributed by atoms with Gasteiger partial charge in [0.15, 0.2) is 5.78 Å². The van der Waals surface area contributed by atoms with Crippen molar-refractivity contribution in [3.63, 3.8) is 0 Å². The second-order valence-electron chi connectivity index (χ2n) is 5.64. The third kappa shape index (κ3) is 4.39. The topological polar surface area (TPSA) is 43.4 Å². The van der Waals surface area contributed by atoms with Crippen LogP contribution in [0.25, 0.3) is 0 Å². The molecule has 3 aromatic carbocycles. The Balaban J connectivity index is 1.64. The van der Waals surface area contributed by atoms with Crippen LogP contribution in [-0.2, 0) is 11.2 Å². The lowest BCUT2D eigenvalue weighted by molar-refractivity contribution is -0.133. The van der Waals surface area contributed by atoms with Gasteiger partial charge in [0, 0.05) is 11.1 Å². The Labute approximate surface area is 148 Å². The highest BCUT2D eigenvalue weighted by molar-refractivity contribution is 6.09. The molecule has 130 valence electrons. The highest BCUT2D eigenvalue weighted by Crippen LogP contribution is 2.17. The molecular formula is C21H14F2O3. The monoisotopic (exact) mass is 352 g/mol. The van der Waals surface area contributed by atoms with Crippen molar-refractivity contribution < 1.29 is 23.1 Å². The molecule has 0 fully saturated rings. The fraction of sp³-hybridized carbons (Fsp3) is 0.0476. The summed E-state index contributed by atoms with van der Waals surface area (Å²) in [6.45, 7) is 0. The summed E-state index contributed by atoms with van der Waals surface area (Å²) >= 11 is 0. The minimum atomic E-state index is -0.534. The average Bonchev–Trinajstić information content (AvgIpc) is 2.62. The lowest BCUT2D eigenvalue weighted by Crippen LogP contribution is -2.11. The molecule has 0 unspecified atom stereocenters. The van der Waals surface area contributed by atoms with Gasteiger partial charge in [-0.05, 0) is 66.2 Å². The first kappa shape index (κ1) is 17.5. The van der Waals surface area contributed by atoms with Gasteiger partial charge in [-0.2, -0.15) is 0 Å². The Kier molecular flexibility index (Phi) is 5.17. The molecule has 0 atom stereocenters. The first-order chi connectivity index (χ1) is 12.5. The van der Waals surface area contributed by atoms with Crippen LogP contribution >= 0.6 is 0 Å². The average molecular weight is 352 g/mol. The number of ether oxygens (including phenoxy) is 1. The van der Waals surface area contributed by atoms with Crippen LogP contribution in [0.5, 0.6) is 5.75 Å². The first-order valence-corrected chi connectivity index (χ1v) is 7.87. The van der Waals surface area contributed by atoms with Gasteiger partial charge in [0.05, 0.1) is 6.42 Å². The van der Waals surface area contributed by atoms with Crippen molar-refractivity contribution >= 4 is 11.8 Å². The highest BCUT2D eigenvalue weighted by Gasteiger charge is 2.11. The van der Waals surface area contributed by atoms with Crippen LogP contribution in [0.1, 0.15) is 21.5 Å². The SMILES string of the molecule is O=C(Cc1cccc(F)c1)Oc1ccc(C(=O)c2ccc(F)cc2)cc1. The summed E-state index contributed by atoms with van der Waals surface area (Å²) in [6, 6.07) is 17.0. The maximum Gasteiger partial charge on any atom is 0.315 e. The number of hydrogen-bond donors (Lipinski definition) is 0. The standard InChI is InChI=1S/C21H14F2O3/c22-17-8-4-15(5-9-17)21(25)16-6-10-19(11-7-16)26-20(24)13-14-2-1-3-18(23)12-14/h1-12H,13H2. The van der Waals surface area contributed by atoms with Gasteiger partial charge in [0.2, 0.25) is 0 Å². The number of esters is 1. The molecule has 0 N–H and O–H groups in total. The third-order valence-electron chi connectivity index (χ3n) is 3.69. The summed E-state index contributed by atoms with van der Waals surface area (Å²) in [7, 11) is 0. The molecule has 0 bridgehead atoms. The lowest BCUT2D eigenvalue weighted by Gasteiger charge is -2.06. The summed E-state index contributed by atoms with van der Waals surface area (Å²) in [5.41, 5.74) is 1.27. The van der Waals surface area contributed by atoms with Gasteiger partial charge in [-0.3, -0.25) is 9.59 Å². The molecule has 0 aliphatic heterocycles. The quantitative estimate of drug-likeness (QED) is 0.390.